The Morgan fingerprint density at radius 1 is 1.22 bits per heavy atom. The molecule has 0 aliphatic carbocycles. The minimum Gasteiger partial charge on any atom is -0.325 e. The van der Waals surface area contributed by atoms with Gasteiger partial charge in [0, 0.05) is 10.6 Å². The zero-order chi connectivity index (χ0) is 19.2. The normalized spacial score (nSPS) is 10.4. The van der Waals surface area contributed by atoms with Crippen LogP contribution >= 0.6 is 23.5 Å². The molecule has 136 valence electrons. The second-order valence-electron chi connectivity index (χ2n) is 5.72. The van der Waals surface area contributed by atoms with Crippen molar-refractivity contribution in [2.75, 3.05) is 11.1 Å². The van der Waals surface area contributed by atoms with Gasteiger partial charge >= 0.3 is 0 Å². The van der Waals surface area contributed by atoms with Crippen molar-refractivity contribution in [1.29, 1.82) is 5.26 Å². The highest BCUT2D eigenvalue weighted by molar-refractivity contribution is 8.03. The van der Waals surface area contributed by atoms with E-state index in [0.717, 1.165) is 39.2 Å². The molecule has 2 aromatic carbocycles. The molecule has 1 N–H and O–H groups in total. The highest BCUT2D eigenvalue weighted by atomic mass is 32.2. The van der Waals surface area contributed by atoms with Gasteiger partial charge in [-0.1, -0.05) is 29.5 Å². The van der Waals surface area contributed by atoms with Gasteiger partial charge in [-0.3, -0.25) is 4.79 Å². The van der Waals surface area contributed by atoms with Crippen molar-refractivity contribution in [3.8, 4) is 11.1 Å². The van der Waals surface area contributed by atoms with Crippen LogP contribution in [-0.4, -0.2) is 31.9 Å². The molecule has 3 aromatic rings. The Bertz CT molecular complexity index is 994. The summed E-state index contributed by atoms with van der Waals surface area (Å²) in [4.78, 5) is 13.1. The van der Waals surface area contributed by atoms with Crippen LogP contribution in [0.15, 0.2) is 52.5 Å². The summed E-state index contributed by atoms with van der Waals surface area (Å²) in [6.45, 7) is 3.90. The van der Waals surface area contributed by atoms with Crippen molar-refractivity contribution >= 4 is 35.1 Å². The molecule has 0 atom stereocenters. The van der Waals surface area contributed by atoms with Gasteiger partial charge in [-0.2, -0.15) is 9.94 Å². The molecule has 0 spiro atoms. The fraction of sp³-hybridized carbons (Fsp3) is 0.167. The van der Waals surface area contributed by atoms with Crippen LogP contribution in [0.25, 0.3) is 5.69 Å². The number of thiocyanates is 1. The molecule has 0 saturated carbocycles. The van der Waals surface area contributed by atoms with Gasteiger partial charge in [0.25, 0.3) is 0 Å². The minimum atomic E-state index is -0.151. The molecule has 1 aromatic heterocycles. The molecule has 0 saturated heterocycles. The van der Waals surface area contributed by atoms with Crippen molar-refractivity contribution < 1.29 is 4.79 Å². The van der Waals surface area contributed by atoms with Gasteiger partial charge < -0.3 is 5.32 Å². The van der Waals surface area contributed by atoms with E-state index in [9.17, 15) is 4.79 Å². The number of carbonyl (C=O) groups is 1. The largest absolute Gasteiger partial charge is 0.325 e. The second kappa shape index (κ2) is 8.70. The Morgan fingerprint density at radius 2 is 2.00 bits per heavy atom. The molecule has 0 aliphatic heterocycles. The van der Waals surface area contributed by atoms with E-state index in [0.29, 0.717) is 5.16 Å². The van der Waals surface area contributed by atoms with Crippen molar-refractivity contribution in [2.24, 2.45) is 0 Å². The van der Waals surface area contributed by atoms with E-state index in [1.165, 1.54) is 11.8 Å². The topological polar surface area (TPSA) is 96.5 Å². The number of amides is 1. The quantitative estimate of drug-likeness (QED) is 0.502. The van der Waals surface area contributed by atoms with Gasteiger partial charge in [0.15, 0.2) is 0 Å². The Hall–Kier alpha value is -2.83. The van der Waals surface area contributed by atoms with Gasteiger partial charge in [0.2, 0.25) is 11.1 Å². The summed E-state index contributed by atoms with van der Waals surface area (Å²) in [5, 5.41) is 25.9. The Balaban J connectivity index is 1.63. The van der Waals surface area contributed by atoms with Crippen LogP contribution < -0.4 is 5.32 Å². The molecule has 3 rings (SSSR count). The molecule has 0 radical (unpaired) electrons. The van der Waals surface area contributed by atoms with Crippen LogP contribution in [0.1, 0.15) is 11.1 Å². The minimum absolute atomic E-state index is 0.151. The van der Waals surface area contributed by atoms with Gasteiger partial charge in [0.05, 0.1) is 11.4 Å². The van der Waals surface area contributed by atoms with E-state index >= 15 is 0 Å². The molecule has 1 heterocycles. The number of nitrogens with zero attached hydrogens (tertiary/aromatic N) is 5. The van der Waals surface area contributed by atoms with Gasteiger partial charge in [-0.15, -0.1) is 5.10 Å². The predicted octanol–water partition coefficient (Wildman–Crippen LogP) is 3.58. The van der Waals surface area contributed by atoms with Crippen molar-refractivity contribution in [3.63, 3.8) is 0 Å². The third-order valence-electron chi connectivity index (χ3n) is 3.69. The molecule has 1 amide bonds. The first-order valence-electron chi connectivity index (χ1n) is 8.01. The molecule has 0 fully saturated rings. The third kappa shape index (κ3) is 4.87. The number of thioether (sulfide) groups is 2. The van der Waals surface area contributed by atoms with Crippen LogP contribution in [0.4, 0.5) is 5.69 Å². The molecule has 0 bridgehead atoms. The molecule has 7 nitrogen and oxygen atoms in total. The van der Waals surface area contributed by atoms with Crippen molar-refractivity contribution in [1.82, 2.24) is 20.2 Å². The Labute approximate surface area is 165 Å². The Kier molecular flexibility index (Phi) is 6.11. The first-order chi connectivity index (χ1) is 13.1. The third-order valence-corrected chi connectivity index (χ3v) is 5.19. The van der Waals surface area contributed by atoms with E-state index in [4.69, 9.17) is 5.26 Å². The van der Waals surface area contributed by atoms with Gasteiger partial charge in [-0.25, -0.2) is 0 Å². The van der Waals surface area contributed by atoms with E-state index < -0.39 is 0 Å². The molecular formula is C18H16N6OS2. The zero-order valence-electron chi connectivity index (χ0n) is 14.7. The van der Waals surface area contributed by atoms with Crippen LogP contribution in [0.2, 0.25) is 0 Å². The van der Waals surface area contributed by atoms with Crippen molar-refractivity contribution in [2.45, 2.75) is 23.9 Å². The monoisotopic (exact) mass is 396 g/mol. The van der Waals surface area contributed by atoms with E-state index in [1.807, 2.05) is 55.6 Å². The van der Waals surface area contributed by atoms with Crippen LogP contribution in [-0.2, 0) is 4.79 Å². The van der Waals surface area contributed by atoms with E-state index in [2.05, 4.69) is 20.8 Å². The first kappa shape index (κ1) is 18.9. The number of aromatic nitrogens is 4. The number of nitrogens with one attached hydrogen (secondary N) is 1. The van der Waals surface area contributed by atoms with E-state index in [1.54, 1.807) is 10.7 Å². The fourth-order valence-corrected chi connectivity index (χ4v) is 3.49. The van der Waals surface area contributed by atoms with Crippen LogP contribution in [0, 0.1) is 24.5 Å². The van der Waals surface area contributed by atoms with Gasteiger partial charge in [0.1, 0.15) is 5.40 Å². The van der Waals surface area contributed by atoms with Crippen LogP contribution in [0.5, 0.6) is 0 Å². The number of rotatable bonds is 6. The molecule has 9 heteroatoms. The summed E-state index contributed by atoms with van der Waals surface area (Å²) in [5.41, 5.74) is 3.61. The number of hydrogen-bond acceptors (Lipinski definition) is 7. The van der Waals surface area contributed by atoms with Gasteiger partial charge in [-0.05, 0) is 71.9 Å². The highest BCUT2D eigenvalue weighted by Gasteiger charge is 2.12. The summed E-state index contributed by atoms with van der Waals surface area (Å²) >= 11 is 2.35. The number of carbonyl (C=O) groups excluding carboxylic acids is 1. The maximum atomic E-state index is 12.3. The lowest BCUT2D eigenvalue weighted by molar-refractivity contribution is -0.113. The SMILES string of the molecule is Cc1ccc(-n2nnnc2SCC(=O)Nc2ccc(SC#N)cc2C)cc1. The summed E-state index contributed by atoms with van der Waals surface area (Å²) in [6.07, 6.45) is 0. The summed E-state index contributed by atoms with van der Waals surface area (Å²) in [5.74, 6) is 0.0302. The molecule has 0 unspecified atom stereocenters. The number of tetrazole rings is 1. The predicted molar refractivity (Wildman–Crippen MR) is 106 cm³/mol. The smallest absolute Gasteiger partial charge is 0.234 e. The lowest BCUT2D eigenvalue weighted by Crippen LogP contribution is -2.15. The lowest BCUT2D eigenvalue weighted by Gasteiger charge is -2.09. The van der Waals surface area contributed by atoms with Crippen LogP contribution in [0.3, 0.4) is 0 Å². The average molecular weight is 397 g/mol. The maximum Gasteiger partial charge on any atom is 0.234 e. The molecule has 0 aliphatic rings. The average Bonchev–Trinajstić information content (AvgIpc) is 3.12. The van der Waals surface area contributed by atoms with Crippen molar-refractivity contribution in [3.05, 3.63) is 53.6 Å². The lowest BCUT2D eigenvalue weighted by atomic mass is 10.2. The number of hydrogen-bond donors (Lipinski definition) is 1. The zero-order valence-corrected chi connectivity index (χ0v) is 16.3. The number of anilines is 1. The standard InChI is InChI=1S/C18H16N6OS2/c1-12-3-5-14(6-4-12)24-18(21-22-23-24)26-10-17(25)20-16-8-7-15(27-11-19)9-13(16)2/h3-9H,10H2,1-2H3,(H,20,25). The summed E-state index contributed by atoms with van der Waals surface area (Å²) in [7, 11) is 0. The summed E-state index contributed by atoms with van der Waals surface area (Å²) < 4.78 is 1.61. The fourth-order valence-electron chi connectivity index (χ4n) is 2.33. The Morgan fingerprint density at radius 3 is 2.70 bits per heavy atom. The second-order valence-corrected chi connectivity index (χ2v) is 7.52. The molecule has 27 heavy (non-hydrogen) atoms. The first-order valence-corrected chi connectivity index (χ1v) is 9.81. The number of nitriles is 1. The number of benzene rings is 2. The molecular weight excluding hydrogens is 380 g/mol. The highest BCUT2D eigenvalue weighted by Crippen LogP contribution is 2.24. The number of aryl methyl sites for hydroxylation is 2. The summed E-state index contributed by atoms with van der Waals surface area (Å²) in [6, 6.07) is 13.3. The van der Waals surface area contributed by atoms with E-state index in [-0.39, 0.29) is 11.7 Å². The maximum absolute atomic E-state index is 12.3.